The maximum atomic E-state index is 13.7. The first-order valence-corrected chi connectivity index (χ1v) is 7.89. The number of H-pyrrole nitrogens is 1. The Kier molecular flexibility index (Phi) is 7.52. The average molecular weight is 466 g/mol. The monoisotopic (exact) mass is 466 g/mol. The van der Waals surface area contributed by atoms with Gasteiger partial charge >= 0.3 is 0 Å². The zero-order chi connectivity index (χ0) is 17.5. The molecule has 0 aliphatic rings. The van der Waals surface area contributed by atoms with Crippen molar-refractivity contribution in [3.8, 4) is 11.4 Å². The van der Waals surface area contributed by atoms with Gasteiger partial charge in [-0.3, -0.25) is 10.1 Å². The van der Waals surface area contributed by atoms with Crippen LogP contribution in [-0.4, -0.2) is 28.2 Å². The lowest BCUT2D eigenvalue weighted by Gasteiger charge is -2.12. The molecule has 3 rings (SSSR count). The predicted molar refractivity (Wildman–Crippen MR) is 111 cm³/mol. The molecule has 6 nitrogen and oxygen atoms in total. The second-order valence-electron chi connectivity index (χ2n) is 5.41. The summed E-state index contributed by atoms with van der Waals surface area (Å²) in [7, 11) is 1.68. The Morgan fingerprint density at radius 1 is 1.12 bits per heavy atom. The number of benzene rings is 2. The number of guanidine groups is 1. The third-order valence-corrected chi connectivity index (χ3v) is 3.70. The van der Waals surface area contributed by atoms with Crippen molar-refractivity contribution >= 4 is 29.9 Å². The fourth-order valence-electron chi connectivity index (χ4n) is 2.40. The van der Waals surface area contributed by atoms with Crippen LogP contribution in [0.25, 0.3) is 11.4 Å². The van der Waals surface area contributed by atoms with Crippen LogP contribution in [0.4, 0.5) is 4.39 Å². The van der Waals surface area contributed by atoms with E-state index in [2.05, 4.69) is 30.8 Å². The van der Waals surface area contributed by atoms with E-state index in [4.69, 9.17) is 0 Å². The molecule has 0 saturated heterocycles. The van der Waals surface area contributed by atoms with Crippen LogP contribution in [-0.2, 0) is 13.1 Å². The minimum atomic E-state index is -0.231. The lowest BCUT2D eigenvalue weighted by molar-refractivity contribution is 0.604. The molecule has 1 heterocycles. The summed E-state index contributed by atoms with van der Waals surface area (Å²) >= 11 is 0. The van der Waals surface area contributed by atoms with Gasteiger partial charge in [0.15, 0.2) is 11.8 Å². The summed E-state index contributed by atoms with van der Waals surface area (Å²) in [6, 6.07) is 14.6. The molecule has 0 spiro atoms. The summed E-state index contributed by atoms with van der Waals surface area (Å²) in [6.07, 6.45) is 1.48. The molecule has 2 aromatic carbocycles. The van der Waals surface area contributed by atoms with Crippen molar-refractivity contribution < 1.29 is 4.39 Å². The molecule has 136 valence electrons. The van der Waals surface area contributed by atoms with Gasteiger partial charge in [0.1, 0.15) is 12.1 Å². The summed E-state index contributed by atoms with van der Waals surface area (Å²) in [6.45, 7) is 0.948. The third-order valence-electron chi connectivity index (χ3n) is 3.70. The Morgan fingerprint density at radius 2 is 1.92 bits per heavy atom. The molecule has 0 aliphatic carbocycles. The molecular weight excluding hydrogens is 446 g/mol. The van der Waals surface area contributed by atoms with E-state index in [0.717, 1.165) is 17.0 Å². The van der Waals surface area contributed by atoms with Gasteiger partial charge in [0.25, 0.3) is 0 Å². The van der Waals surface area contributed by atoms with E-state index < -0.39 is 0 Å². The minimum absolute atomic E-state index is 0. The Balaban J connectivity index is 0.00000243. The molecule has 0 bridgehead atoms. The Morgan fingerprint density at radius 3 is 2.65 bits per heavy atom. The molecule has 0 fully saturated rings. The Bertz CT molecular complexity index is 850. The van der Waals surface area contributed by atoms with Crippen LogP contribution >= 0.6 is 24.0 Å². The van der Waals surface area contributed by atoms with Crippen LogP contribution in [0, 0.1) is 5.82 Å². The van der Waals surface area contributed by atoms with E-state index in [1.807, 2.05) is 30.3 Å². The van der Waals surface area contributed by atoms with Crippen LogP contribution in [0.5, 0.6) is 0 Å². The molecule has 0 unspecified atom stereocenters. The number of aromatic nitrogens is 3. The summed E-state index contributed by atoms with van der Waals surface area (Å²) in [4.78, 5) is 8.32. The summed E-state index contributed by atoms with van der Waals surface area (Å²) in [5.41, 5.74) is 2.63. The van der Waals surface area contributed by atoms with E-state index in [-0.39, 0.29) is 29.8 Å². The first-order valence-electron chi connectivity index (χ1n) is 7.89. The largest absolute Gasteiger partial charge is 0.352 e. The highest BCUT2D eigenvalue weighted by Crippen LogP contribution is 2.15. The SMILES string of the molecule is CN=C(NCc1cccc(-c2ncn[nH]2)c1)NCc1ccccc1F.I. The number of nitrogens with one attached hydrogen (secondary N) is 3. The van der Waals surface area contributed by atoms with Gasteiger partial charge < -0.3 is 10.6 Å². The Hall–Kier alpha value is -2.49. The van der Waals surface area contributed by atoms with E-state index in [9.17, 15) is 4.39 Å². The quantitative estimate of drug-likeness (QED) is 0.307. The number of halogens is 2. The van der Waals surface area contributed by atoms with Gasteiger partial charge in [-0.2, -0.15) is 5.10 Å². The van der Waals surface area contributed by atoms with Crippen molar-refractivity contribution in [1.29, 1.82) is 0 Å². The highest BCUT2D eigenvalue weighted by atomic mass is 127. The first kappa shape index (κ1) is 19.8. The van der Waals surface area contributed by atoms with Crippen LogP contribution in [0.3, 0.4) is 0 Å². The molecule has 26 heavy (non-hydrogen) atoms. The van der Waals surface area contributed by atoms with Crippen molar-refractivity contribution in [2.75, 3.05) is 7.05 Å². The van der Waals surface area contributed by atoms with Gasteiger partial charge in [-0.1, -0.05) is 36.4 Å². The number of nitrogens with zero attached hydrogens (tertiary/aromatic N) is 3. The van der Waals surface area contributed by atoms with Crippen molar-refractivity contribution in [3.63, 3.8) is 0 Å². The fourth-order valence-corrected chi connectivity index (χ4v) is 2.40. The lowest BCUT2D eigenvalue weighted by atomic mass is 10.1. The van der Waals surface area contributed by atoms with E-state index in [0.29, 0.717) is 24.6 Å². The molecule has 0 amide bonds. The molecule has 3 N–H and O–H groups in total. The molecular formula is C18H20FIN6. The zero-order valence-electron chi connectivity index (χ0n) is 14.2. The predicted octanol–water partition coefficient (Wildman–Crippen LogP) is 3.09. The van der Waals surface area contributed by atoms with Gasteiger partial charge in [-0.05, 0) is 17.7 Å². The second-order valence-corrected chi connectivity index (χ2v) is 5.41. The number of aromatic amines is 1. The maximum absolute atomic E-state index is 13.7. The maximum Gasteiger partial charge on any atom is 0.191 e. The van der Waals surface area contributed by atoms with Crippen molar-refractivity contribution in [1.82, 2.24) is 25.8 Å². The molecule has 3 aromatic rings. The average Bonchev–Trinajstić information content (AvgIpc) is 3.18. The van der Waals surface area contributed by atoms with Crippen LogP contribution < -0.4 is 10.6 Å². The van der Waals surface area contributed by atoms with Gasteiger partial charge in [-0.25, -0.2) is 9.37 Å². The van der Waals surface area contributed by atoms with Crippen molar-refractivity contribution in [2.24, 2.45) is 4.99 Å². The highest BCUT2D eigenvalue weighted by molar-refractivity contribution is 14.0. The highest BCUT2D eigenvalue weighted by Gasteiger charge is 2.04. The number of rotatable bonds is 5. The third kappa shape index (κ3) is 5.25. The second kappa shape index (κ2) is 9.85. The molecule has 0 atom stereocenters. The van der Waals surface area contributed by atoms with Gasteiger partial charge in [0.05, 0.1) is 0 Å². The van der Waals surface area contributed by atoms with E-state index in [1.54, 1.807) is 19.2 Å². The number of hydrogen-bond donors (Lipinski definition) is 3. The summed E-state index contributed by atoms with van der Waals surface area (Å²) < 4.78 is 13.7. The standard InChI is InChI=1S/C18H19FN6.HI/c1-20-18(22-11-15-6-2-3-8-16(15)19)21-10-13-5-4-7-14(9-13)17-23-12-24-25-17;/h2-9,12H,10-11H2,1H3,(H2,20,21,22)(H,23,24,25);1H. The van der Waals surface area contributed by atoms with Crippen molar-refractivity contribution in [3.05, 3.63) is 71.8 Å². The zero-order valence-corrected chi connectivity index (χ0v) is 16.6. The van der Waals surface area contributed by atoms with Crippen LogP contribution in [0.2, 0.25) is 0 Å². The molecule has 0 radical (unpaired) electrons. The van der Waals surface area contributed by atoms with E-state index >= 15 is 0 Å². The van der Waals surface area contributed by atoms with Crippen LogP contribution in [0.1, 0.15) is 11.1 Å². The van der Waals surface area contributed by atoms with Gasteiger partial charge in [0, 0.05) is 31.3 Å². The smallest absolute Gasteiger partial charge is 0.191 e. The molecule has 0 saturated carbocycles. The van der Waals surface area contributed by atoms with Crippen molar-refractivity contribution in [2.45, 2.75) is 13.1 Å². The topological polar surface area (TPSA) is 78.0 Å². The Labute approximate surface area is 168 Å². The lowest BCUT2D eigenvalue weighted by Crippen LogP contribution is -2.36. The van der Waals surface area contributed by atoms with Gasteiger partial charge in [-0.15, -0.1) is 24.0 Å². The number of hydrogen-bond acceptors (Lipinski definition) is 3. The molecule has 1 aromatic heterocycles. The molecule has 8 heteroatoms. The van der Waals surface area contributed by atoms with Gasteiger partial charge in [0.2, 0.25) is 0 Å². The first-order chi connectivity index (χ1) is 12.3. The normalized spacial score (nSPS) is 10.9. The summed E-state index contributed by atoms with van der Waals surface area (Å²) in [5, 5.41) is 13.0. The fraction of sp³-hybridized carbons (Fsp3) is 0.167. The minimum Gasteiger partial charge on any atom is -0.352 e. The summed E-state index contributed by atoms with van der Waals surface area (Å²) in [5.74, 6) is 1.10. The molecule has 0 aliphatic heterocycles. The number of aliphatic imine (C=N–C) groups is 1. The van der Waals surface area contributed by atoms with Crippen LogP contribution in [0.15, 0.2) is 59.9 Å². The van der Waals surface area contributed by atoms with E-state index in [1.165, 1.54) is 12.4 Å².